The van der Waals surface area contributed by atoms with E-state index in [0.29, 0.717) is 11.1 Å². The Morgan fingerprint density at radius 2 is 1.53 bits per heavy atom. The van der Waals surface area contributed by atoms with E-state index in [1.54, 1.807) is 6.07 Å². The molecule has 4 nitrogen and oxygen atoms in total. The van der Waals surface area contributed by atoms with E-state index in [1.807, 2.05) is 54.6 Å². The number of nitrogens with one attached hydrogen (secondary N) is 1. The molecule has 5 heteroatoms. The minimum atomic E-state index is -0.154. The van der Waals surface area contributed by atoms with E-state index >= 15 is 0 Å². The first-order valence-electron chi connectivity index (χ1n) is 10.2. The smallest absolute Gasteiger partial charge is 0.256 e. The van der Waals surface area contributed by atoms with Crippen molar-refractivity contribution in [3.8, 4) is 6.07 Å². The van der Waals surface area contributed by atoms with Crippen LogP contribution in [0.4, 0.5) is 11.4 Å². The molecule has 1 heterocycles. The molecule has 3 aromatic rings. The fraction of sp³-hybridized carbons (Fsp3) is 0.200. The Morgan fingerprint density at radius 1 is 0.867 bits per heavy atom. The SMILES string of the molecule is N#Cc1ccccc1Sc1ccccc1C(=O)Nc1ccc(N2CCCCC2)cc1. The first-order chi connectivity index (χ1) is 14.7. The maximum atomic E-state index is 13.0. The van der Waals surface area contributed by atoms with E-state index in [2.05, 4.69) is 28.4 Å². The lowest BCUT2D eigenvalue weighted by molar-refractivity contribution is 0.102. The van der Waals surface area contributed by atoms with Crippen LogP contribution in [0.3, 0.4) is 0 Å². The van der Waals surface area contributed by atoms with Crippen LogP contribution in [0, 0.1) is 11.3 Å². The third-order valence-electron chi connectivity index (χ3n) is 5.21. The van der Waals surface area contributed by atoms with Crippen molar-refractivity contribution in [2.45, 2.75) is 29.1 Å². The molecule has 30 heavy (non-hydrogen) atoms. The van der Waals surface area contributed by atoms with Crippen molar-refractivity contribution in [3.63, 3.8) is 0 Å². The van der Waals surface area contributed by atoms with Gasteiger partial charge in [-0.1, -0.05) is 36.0 Å². The van der Waals surface area contributed by atoms with Crippen LogP contribution in [0.15, 0.2) is 82.6 Å². The second-order valence-corrected chi connectivity index (χ2v) is 8.34. The number of benzene rings is 3. The van der Waals surface area contributed by atoms with Crippen LogP contribution in [-0.4, -0.2) is 19.0 Å². The van der Waals surface area contributed by atoms with Crippen molar-refractivity contribution < 1.29 is 4.79 Å². The second kappa shape index (κ2) is 9.51. The molecule has 4 rings (SSSR count). The Balaban J connectivity index is 1.49. The molecule has 1 aliphatic heterocycles. The van der Waals surface area contributed by atoms with Gasteiger partial charge >= 0.3 is 0 Å². The average Bonchev–Trinajstić information content (AvgIpc) is 2.81. The van der Waals surface area contributed by atoms with Crippen molar-refractivity contribution in [3.05, 3.63) is 83.9 Å². The van der Waals surface area contributed by atoms with Crippen molar-refractivity contribution in [1.82, 2.24) is 0 Å². The van der Waals surface area contributed by atoms with E-state index in [1.165, 1.54) is 36.7 Å². The van der Waals surface area contributed by atoms with Gasteiger partial charge in [-0.3, -0.25) is 4.79 Å². The van der Waals surface area contributed by atoms with Gasteiger partial charge in [-0.05, 0) is 67.8 Å². The minimum absolute atomic E-state index is 0.154. The summed E-state index contributed by atoms with van der Waals surface area (Å²) in [5.41, 5.74) is 3.18. The Labute approximate surface area is 181 Å². The van der Waals surface area contributed by atoms with Gasteiger partial charge < -0.3 is 10.2 Å². The van der Waals surface area contributed by atoms with Crippen molar-refractivity contribution in [1.29, 1.82) is 5.26 Å². The zero-order chi connectivity index (χ0) is 20.8. The molecule has 1 saturated heterocycles. The number of anilines is 2. The number of carbonyl (C=O) groups excluding carboxylic acids is 1. The second-order valence-electron chi connectivity index (χ2n) is 7.25. The van der Waals surface area contributed by atoms with Gasteiger partial charge in [0.15, 0.2) is 0 Å². The number of amides is 1. The Hall–Kier alpha value is -3.23. The summed E-state index contributed by atoms with van der Waals surface area (Å²) in [6, 6.07) is 25.2. The zero-order valence-electron chi connectivity index (χ0n) is 16.7. The van der Waals surface area contributed by atoms with Gasteiger partial charge in [-0.15, -0.1) is 0 Å². The van der Waals surface area contributed by atoms with Crippen LogP contribution < -0.4 is 10.2 Å². The molecule has 0 radical (unpaired) electrons. The Morgan fingerprint density at radius 3 is 2.27 bits per heavy atom. The normalized spacial score (nSPS) is 13.5. The first-order valence-corrected chi connectivity index (χ1v) is 11.0. The number of hydrogen-bond donors (Lipinski definition) is 1. The summed E-state index contributed by atoms with van der Waals surface area (Å²) < 4.78 is 0. The number of carbonyl (C=O) groups is 1. The topological polar surface area (TPSA) is 56.1 Å². The van der Waals surface area contributed by atoms with Gasteiger partial charge in [0.2, 0.25) is 0 Å². The number of piperidine rings is 1. The van der Waals surface area contributed by atoms with E-state index in [-0.39, 0.29) is 5.91 Å². The highest BCUT2D eigenvalue weighted by Gasteiger charge is 2.15. The highest BCUT2D eigenvalue weighted by atomic mass is 32.2. The summed E-state index contributed by atoms with van der Waals surface area (Å²) in [5, 5.41) is 12.3. The lowest BCUT2D eigenvalue weighted by Gasteiger charge is -2.28. The monoisotopic (exact) mass is 413 g/mol. The van der Waals surface area contributed by atoms with Gasteiger partial charge in [0.25, 0.3) is 5.91 Å². The molecule has 0 spiro atoms. The fourth-order valence-corrected chi connectivity index (χ4v) is 4.64. The number of rotatable bonds is 5. The van der Waals surface area contributed by atoms with Gasteiger partial charge in [-0.25, -0.2) is 0 Å². The fourth-order valence-electron chi connectivity index (χ4n) is 3.62. The molecule has 0 saturated carbocycles. The molecular weight excluding hydrogens is 390 g/mol. The van der Waals surface area contributed by atoms with E-state index in [9.17, 15) is 10.1 Å². The summed E-state index contributed by atoms with van der Waals surface area (Å²) in [4.78, 5) is 17.0. The number of hydrogen-bond acceptors (Lipinski definition) is 4. The van der Waals surface area contributed by atoms with Crippen LogP contribution in [-0.2, 0) is 0 Å². The molecule has 0 bridgehead atoms. The molecule has 3 aromatic carbocycles. The minimum Gasteiger partial charge on any atom is -0.372 e. The molecule has 1 amide bonds. The van der Waals surface area contributed by atoms with E-state index in [4.69, 9.17) is 0 Å². The highest BCUT2D eigenvalue weighted by Crippen LogP contribution is 2.33. The summed E-state index contributed by atoms with van der Waals surface area (Å²) >= 11 is 1.44. The van der Waals surface area contributed by atoms with Crippen LogP contribution >= 0.6 is 11.8 Å². The van der Waals surface area contributed by atoms with Crippen LogP contribution in [0.25, 0.3) is 0 Å². The van der Waals surface area contributed by atoms with Gasteiger partial charge in [-0.2, -0.15) is 5.26 Å². The third kappa shape index (κ3) is 4.67. The molecule has 0 atom stereocenters. The molecule has 1 aliphatic rings. The maximum Gasteiger partial charge on any atom is 0.256 e. The van der Waals surface area contributed by atoms with E-state index in [0.717, 1.165) is 28.6 Å². The van der Waals surface area contributed by atoms with Crippen molar-refractivity contribution in [2.24, 2.45) is 0 Å². The maximum absolute atomic E-state index is 13.0. The van der Waals surface area contributed by atoms with Gasteiger partial charge in [0.1, 0.15) is 6.07 Å². The highest BCUT2D eigenvalue weighted by molar-refractivity contribution is 7.99. The largest absolute Gasteiger partial charge is 0.372 e. The van der Waals surface area contributed by atoms with E-state index < -0.39 is 0 Å². The molecule has 0 aliphatic carbocycles. The molecule has 0 aromatic heterocycles. The lowest BCUT2D eigenvalue weighted by atomic mass is 10.1. The van der Waals surface area contributed by atoms with Crippen LogP contribution in [0.5, 0.6) is 0 Å². The van der Waals surface area contributed by atoms with Gasteiger partial charge in [0, 0.05) is 34.3 Å². The predicted molar refractivity (Wildman–Crippen MR) is 122 cm³/mol. The molecule has 1 fully saturated rings. The molecule has 150 valence electrons. The average molecular weight is 414 g/mol. The third-order valence-corrected chi connectivity index (χ3v) is 6.36. The van der Waals surface area contributed by atoms with Crippen LogP contribution in [0.1, 0.15) is 35.2 Å². The molecule has 1 N–H and O–H groups in total. The number of nitrogens with zero attached hydrogens (tertiary/aromatic N) is 2. The Bertz CT molecular complexity index is 1070. The summed E-state index contributed by atoms with van der Waals surface area (Å²) in [5.74, 6) is -0.154. The van der Waals surface area contributed by atoms with Crippen LogP contribution in [0.2, 0.25) is 0 Å². The summed E-state index contributed by atoms with van der Waals surface area (Å²) in [6.07, 6.45) is 3.78. The quantitative estimate of drug-likeness (QED) is 0.561. The summed E-state index contributed by atoms with van der Waals surface area (Å²) in [6.45, 7) is 2.20. The molecular formula is C25H23N3OS. The lowest BCUT2D eigenvalue weighted by Crippen LogP contribution is -2.29. The molecule has 0 unspecified atom stereocenters. The zero-order valence-corrected chi connectivity index (χ0v) is 17.5. The predicted octanol–water partition coefficient (Wildman–Crippen LogP) is 5.95. The van der Waals surface area contributed by atoms with Gasteiger partial charge in [0.05, 0.1) is 11.1 Å². The number of nitriles is 1. The Kier molecular flexibility index (Phi) is 6.36. The first kappa shape index (κ1) is 20.1. The van der Waals surface area contributed by atoms with Crippen molar-refractivity contribution >= 4 is 29.0 Å². The standard InChI is InChI=1S/C25H23N3OS/c26-18-19-8-2-4-10-23(19)30-24-11-5-3-9-22(24)25(29)27-20-12-14-21(15-13-20)28-16-6-1-7-17-28/h2-5,8-15H,1,6-7,16-17H2,(H,27,29). The van der Waals surface area contributed by atoms with Crippen molar-refractivity contribution in [2.75, 3.05) is 23.3 Å². The summed E-state index contributed by atoms with van der Waals surface area (Å²) in [7, 11) is 0.